The van der Waals surface area contributed by atoms with Crippen molar-refractivity contribution in [1.82, 2.24) is 4.90 Å². The molecule has 1 aliphatic rings. The highest BCUT2D eigenvalue weighted by atomic mass is 16.3. The van der Waals surface area contributed by atoms with Crippen molar-refractivity contribution in [2.45, 2.75) is 38.8 Å². The van der Waals surface area contributed by atoms with E-state index < -0.39 is 0 Å². The van der Waals surface area contributed by atoms with Crippen molar-refractivity contribution in [3.63, 3.8) is 0 Å². The third-order valence-electron chi connectivity index (χ3n) is 2.90. The number of amides is 1. The third kappa shape index (κ3) is 2.96. The third-order valence-corrected chi connectivity index (χ3v) is 2.90. The van der Waals surface area contributed by atoms with Gasteiger partial charge in [-0.05, 0) is 19.3 Å². The van der Waals surface area contributed by atoms with E-state index in [1.807, 2.05) is 4.90 Å². The molecule has 0 aliphatic carbocycles. The molecule has 1 fully saturated rings. The fraction of sp³-hybridized carbons (Fsp3) is 0.900. The number of nitrogens with zero attached hydrogens (tertiary/aromatic N) is 1. The van der Waals surface area contributed by atoms with Crippen molar-refractivity contribution in [3.05, 3.63) is 0 Å². The molecule has 4 nitrogen and oxygen atoms in total. The maximum atomic E-state index is 10.9. The van der Waals surface area contributed by atoms with Gasteiger partial charge in [-0.2, -0.15) is 0 Å². The van der Waals surface area contributed by atoms with Gasteiger partial charge in [0, 0.05) is 19.0 Å². The second-order valence-corrected chi connectivity index (χ2v) is 3.98. The molecule has 1 saturated heterocycles. The Labute approximate surface area is 85.1 Å². The van der Waals surface area contributed by atoms with Crippen LogP contribution in [0.4, 0.5) is 0 Å². The normalized spacial score (nSPS) is 22.1. The van der Waals surface area contributed by atoms with Crippen LogP contribution >= 0.6 is 0 Å². The number of aliphatic hydroxyl groups excluding tert-OH is 1. The molecule has 1 atom stereocenters. The number of carbonyl (C=O) groups excluding carboxylic acids is 1. The lowest BCUT2D eigenvalue weighted by molar-refractivity contribution is -0.124. The van der Waals surface area contributed by atoms with E-state index in [0.29, 0.717) is 0 Å². The Morgan fingerprint density at radius 2 is 2.14 bits per heavy atom. The zero-order valence-corrected chi connectivity index (χ0v) is 8.78. The lowest BCUT2D eigenvalue weighted by Crippen LogP contribution is -2.43. The van der Waals surface area contributed by atoms with Crippen LogP contribution in [-0.4, -0.2) is 35.2 Å². The second kappa shape index (κ2) is 5.32. The Balaban J connectivity index is 2.31. The molecule has 0 saturated carbocycles. The molecule has 1 heterocycles. The zero-order chi connectivity index (χ0) is 10.6. The smallest absolute Gasteiger partial charge is 0.220 e. The van der Waals surface area contributed by atoms with Gasteiger partial charge in [0.05, 0.1) is 0 Å². The first-order valence-electron chi connectivity index (χ1n) is 5.36. The van der Waals surface area contributed by atoms with Crippen LogP contribution in [0.5, 0.6) is 0 Å². The van der Waals surface area contributed by atoms with Crippen LogP contribution in [0, 0.1) is 5.92 Å². The van der Waals surface area contributed by atoms with Gasteiger partial charge in [0.25, 0.3) is 0 Å². The highest BCUT2D eigenvalue weighted by Gasteiger charge is 2.25. The number of piperidine rings is 1. The van der Waals surface area contributed by atoms with Crippen LogP contribution in [0.3, 0.4) is 0 Å². The van der Waals surface area contributed by atoms with Gasteiger partial charge in [-0.25, -0.2) is 0 Å². The topological polar surface area (TPSA) is 66.6 Å². The number of hydrogen-bond donors (Lipinski definition) is 2. The molecule has 14 heavy (non-hydrogen) atoms. The van der Waals surface area contributed by atoms with E-state index in [2.05, 4.69) is 6.92 Å². The highest BCUT2D eigenvalue weighted by molar-refractivity contribution is 5.76. The summed E-state index contributed by atoms with van der Waals surface area (Å²) < 4.78 is 0. The Kier molecular flexibility index (Phi) is 4.35. The minimum Gasteiger partial charge on any atom is -0.378 e. The lowest BCUT2D eigenvalue weighted by Gasteiger charge is -2.33. The Morgan fingerprint density at radius 3 is 2.57 bits per heavy atom. The lowest BCUT2D eigenvalue weighted by atomic mass is 9.96. The minimum atomic E-state index is -0.339. The SMILES string of the molecule is CCCC(O)N1CCC(C(N)=O)CC1. The van der Waals surface area contributed by atoms with Gasteiger partial charge in [-0.3, -0.25) is 9.69 Å². The molecule has 0 aromatic heterocycles. The van der Waals surface area contributed by atoms with E-state index in [4.69, 9.17) is 5.73 Å². The van der Waals surface area contributed by atoms with Crippen molar-refractivity contribution in [1.29, 1.82) is 0 Å². The van der Waals surface area contributed by atoms with E-state index in [1.165, 1.54) is 0 Å². The van der Waals surface area contributed by atoms with Crippen LogP contribution < -0.4 is 5.73 Å². The van der Waals surface area contributed by atoms with E-state index in [-0.39, 0.29) is 18.1 Å². The fourth-order valence-electron chi connectivity index (χ4n) is 1.92. The van der Waals surface area contributed by atoms with Gasteiger partial charge < -0.3 is 10.8 Å². The van der Waals surface area contributed by atoms with Crippen molar-refractivity contribution in [3.8, 4) is 0 Å². The summed E-state index contributed by atoms with van der Waals surface area (Å²) in [7, 11) is 0. The number of primary amides is 1. The van der Waals surface area contributed by atoms with E-state index in [0.717, 1.165) is 38.8 Å². The molecule has 1 aliphatic heterocycles. The van der Waals surface area contributed by atoms with Crippen LogP contribution in [0.1, 0.15) is 32.6 Å². The molecule has 82 valence electrons. The van der Waals surface area contributed by atoms with Gasteiger partial charge in [-0.1, -0.05) is 13.3 Å². The average molecular weight is 200 g/mol. The fourth-order valence-corrected chi connectivity index (χ4v) is 1.92. The number of aliphatic hydroxyl groups is 1. The molecule has 0 aromatic rings. The number of rotatable bonds is 4. The Hall–Kier alpha value is -0.610. The highest BCUT2D eigenvalue weighted by Crippen LogP contribution is 2.19. The standard InChI is InChI=1S/C10H20N2O2/c1-2-3-9(13)12-6-4-8(5-7-12)10(11)14/h8-9,13H,2-7H2,1H3,(H2,11,14). The van der Waals surface area contributed by atoms with Gasteiger partial charge in [-0.15, -0.1) is 0 Å². The molecule has 0 aromatic carbocycles. The van der Waals surface area contributed by atoms with E-state index >= 15 is 0 Å². The summed E-state index contributed by atoms with van der Waals surface area (Å²) in [4.78, 5) is 12.9. The summed E-state index contributed by atoms with van der Waals surface area (Å²) in [6.45, 7) is 3.63. The summed E-state index contributed by atoms with van der Waals surface area (Å²) >= 11 is 0. The van der Waals surface area contributed by atoms with Gasteiger partial charge in [0.1, 0.15) is 6.23 Å². The van der Waals surface area contributed by atoms with Crippen molar-refractivity contribution in [2.24, 2.45) is 11.7 Å². The molecule has 3 N–H and O–H groups in total. The summed E-state index contributed by atoms with van der Waals surface area (Å²) in [5, 5.41) is 9.71. The maximum absolute atomic E-state index is 10.9. The molecule has 4 heteroatoms. The Morgan fingerprint density at radius 1 is 1.57 bits per heavy atom. The molecule has 1 amide bonds. The summed E-state index contributed by atoms with van der Waals surface area (Å²) in [6, 6.07) is 0. The number of hydrogen-bond acceptors (Lipinski definition) is 3. The summed E-state index contributed by atoms with van der Waals surface area (Å²) in [5.41, 5.74) is 5.23. The van der Waals surface area contributed by atoms with Crippen LogP contribution in [0.25, 0.3) is 0 Å². The maximum Gasteiger partial charge on any atom is 0.220 e. The quantitative estimate of drug-likeness (QED) is 0.686. The molecular formula is C10H20N2O2. The van der Waals surface area contributed by atoms with Gasteiger partial charge in [0.15, 0.2) is 0 Å². The number of likely N-dealkylation sites (tertiary alicyclic amines) is 1. The molecule has 0 spiro atoms. The summed E-state index contributed by atoms with van der Waals surface area (Å²) in [6.07, 6.45) is 3.03. The monoisotopic (exact) mass is 200 g/mol. The molecule has 1 rings (SSSR count). The van der Waals surface area contributed by atoms with Crippen molar-refractivity contribution < 1.29 is 9.90 Å². The van der Waals surface area contributed by atoms with Crippen molar-refractivity contribution in [2.75, 3.05) is 13.1 Å². The number of nitrogens with two attached hydrogens (primary N) is 1. The van der Waals surface area contributed by atoms with Crippen LogP contribution in [0.15, 0.2) is 0 Å². The van der Waals surface area contributed by atoms with Gasteiger partial charge in [0.2, 0.25) is 5.91 Å². The van der Waals surface area contributed by atoms with E-state index in [1.54, 1.807) is 0 Å². The molecule has 1 unspecified atom stereocenters. The average Bonchev–Trinajstić information content (AvgIpc) is 2.18. The van der Waals surface area contributed by atoms with E-state index in [9.17, 15) is 9.90 Å². The van der Waals surface area contributed by atoms with Crippen molar-refractivity contribution >= 4 is 5.91 Å². The molecular weight excluding hydrogens is 180 g/mol. The zero-order valence-electron chi connectivity index (χ0n) is 8.78. The largest absolute Gasteiger partial charge is 0.378 e. The Bertz CT molecular complexity index is 189. The van der Waals surface area contributed by atoms with Crippen LogP contribution in [-0.2, 0) is 4.79 Å². The second-order valence-electron chi connectivity index (χ2n) is 3.98. The minimum absolute atomic E-state index is 0.0140. The first-order valence-corrected chi connectivity index (χ1v) is 5.36. The molecule has 0 bridgehead atoms. The first kappa shape index (κ1) is 11.5. The predicted molar refractivity (Wildman–Crippen MR) is 54.4 cm³/mol. The molecule has 0 radical (unpaired) electrons. The van der Waals surface area contributed by atoms with Gasteiger partial charge >= 0.3 is 0 Å². The first-order chi connectivity index (χ1) is 6.65. The predicted octanol–water partition coefficient (Wildman–Crippen LogP) is 0.302. The number of carbonyl (C=O) groups is 1. The van der Waals surface area contributed by atoms with Crippen LogP contribution in [0.2, 0.25) is 0 Å². The summed E-state index contributed by atoms with van der Waals surface area (Å²) in [5.74, 6) is -0.185.